The maximum atomic E-state index is 12.4. The largest absolute Gasteiger partial charge is 0.366 e. The number of amides is 4. The number of primary amides is 1. The molecular formula is C19H26N4O3. The highest BCUT2D eigenvalue weighted by Gasteiger charge is 2.30. The number of hydrogen-bond donors (Lipinski definition) is 2. The molecule has 2 aliphatic rings. The molecule has 0 unspecified atom stereocenters. The second kappa shape index (κ2) is 8.21. The van der Waals surface area contributed by atoms with E-state index in [1.807, 2.05) is 15.9 Å². The van der Waals surface area contributed by atoms with E-state index in [0.29, 0.717) is 38.0 Å². The van der Waals surface area contributed by atoms with Gasteiger partial charge >= 0.3 is 6.03 Å². The molecule has 3 rings (SSSR count). The molecule has 4 amide bonds. The van der Waals surface area contributed by atoms with Crippen molar-refractivity contribution < 1.29 is 14.4 Å². The first kappa shape index (κ1) is 18.2. The summed E-state index contributed by atoms with van der Waals surface area (Å²) in [5, 5.41) is 2.93. The van der Waals surface area contributed by atoms with Gasteiger partial charge in [-0.2, -0.15) is 0 Å². The van der Waals surface area contributed by atoms with Gasteiger partial charge < -0.3 is 20.9 Å². The number of likely N-dealkylation sites (tertiary alicyclic amines) is 2. The van der Waals surface area contributed by atoms with Crippen molar-refractivity contribution in [3.63, 3.8) is 0 Å². The molecule has 0 radical (unpaired) electrons. The van der Waals surface area contributed by atoms with Crippen LogP contribution in [0.5, 0.6) is 0 Å². The summed E-state index contributed by atoms with van der Waals surface area (Å²) in [5.74, 6) is -0.548. The lowest BCUT2D eigenvalue weighted by molar-refractivity contribution is -0.126. The molecule has 1 aromatic rings. The molecule has 7 nitrogen and oxygen atoms in total. The number of carbonyl (C=O) groups excluding carboxylic acids is 3. The average Bonchev–Trinajstić information content (AvgIpc) is 3.20. The minimum Gasteiger partial charge on any atom is -0.366 e. The summed E-state index contributed by atoms with van der Waals surface area (Å²) in [6.45, 7) is 3.33. The summed E-state index contributed by atoms with van der Waals surface area (Å²) >= 11 is 0. The van der Waals surface area contributed by atoms with Gasteiger partial charge in [0.2, 0.25) is 11.8 Å². The predicted octanol–water partition coefficient (Wildman–Crippen LogP) is 1.33. The summed E-state index contributed by atoms with van der Waals surface area (Å²) in [7, 11) is 0. The predicted molar refractivity (Wildman–Crippen MR) is 97.3 cm³/mol. The summed E-state index contributed by atoms with van der Waals surface area (Å²) in [6, 6.07) is 7.07. The number of rotatable bonds is 4. The highest BCUT2D eigenvalue weighted by molar-refractivity contribution is 5.92. The third-order valence-corrected chi connectivity index (χ3v) is 5.19. The fourth-order valence-corrected chi connectivity index (χ4v) is 3.61. The van der Waals surface area contributed by atoms with Crippen LogP contribution in [0.25, 0.3) is 0 Å². The third kappa shape index (κ3) is 4.33. The Bertz CT molecular complexity index is 677. The molecule has 0 aromatic heterocycles. The molecule has 2 fully saturated rings. The van der Waals surface area contributed by atoms with E-state index in [2.05, 4.69) is 5.32 Å². The molecular weight excluding hydrogens is 332 g/mol. The van der Waals surface area contributed by atoms with E-state index in [9.17, 15) is 14.4 Å². The second-order valence-corrected chi connectivity index (χ2v) is 7.02. The van der Waals surface area contributed by atoms with Gasteiger partial charge in [0.15, 0.2) is 0 Å². The number of piperidine rings is 1. The molecule has 0 saturated carbocycles. The van der Waals surface area contributed by atoms with Crippen LogP contribution in [0.1, 0.15) is 41.6 Å². The summed E-state index contributed by atoms with van der Waals surface area (Å²) in [6.07, 6.45) is 3.54. The van der Waals surface area contributed by atoms with Crippen molar-refractivity contribution in [2.45, 2.75) is 32.2 Å². The molecule has 0 aliphatic carbocycles. The smallest absolute Gasteiger partial charge is 0.319 e. The van der Waals surface area contributed by atoms with Crippen LogP contribution in [0.3, 0.4) is 0 Å². The molecule has 2 heterocycles. The Kier molecular flexibility index (Phi) is 5.75. The number of nitrogens with zero attached hydrogens (tertiary/aromatic N) is 2. The van der Waals surface area contributed by atoms with Crippen LogP contribution in [0.2, 0.25) is 0 Å². The highest BCUT2D eigenvalue weighted by Crippen LogP contribution is 2.20. The van der Waals surface area contributed by atoms with Gasteiger partial charge in [-0.15, -0.1) is 0 Å². The Labute approximate surface area is 153 Å². The van der Waals surface area contributed by atoms with Crippen molar-refractivity contribution >= 4 is 17.8 Å². The molecule has 26 heavy (non-hydrogen) atoms. The molecule has 2 saturated heterocycles. The van der Waals surface area contributed by atoms with E-state index >= 15 is 0 Å². The lowest BCUT2D eigenvalue weighted by Gasteiger charge is -2.34. The standard InChI is InChI=1S/C19H26N4O3/c20-17(24)16-5-3-4-14(12-16)13-21-18(25)15-6-10-23(11-7-15)19(26)22-8-1-2-9-22/h3-5,12,15H,1-2,6-11,13H2,(H2,20,24)(H,21,25). The highest BCUT2D eigenvalue weighted by atomic mass is 16.2. The first-order chi connectivity index (χ1) is 12.5. The van der Waals surface area contributed by atoms with Crippen molar-refractivity contribution in [1.82, 2.24) is 15.1 Å². The number of carbonyl (C=O) groups is 3. The minimum absolute atomic E-state index is 0.00255. The Morgan fingerprint density at radius 2 is 1.69 bits per heavy atom. The lowest BCUT2D eigenvalue weighted by Crippen LogP contribution is -2.47. The van der Waals surface area contributed by atoms with Crippen LogP contribution in [-0.4, -0.2) is 53.8 Å². The zero-order chi connectivity index (χ0) is 18.5. The molecule has 1 aromatic carbocycles. The Morgan fingerprint density at radius 1 is 1.04 bits per heavy atom. The van der Waals surface area contributed by atoms with Crippen molar-refractivity contribution in [3.05, 3.63) is 35.4 Å². The van der Waals surface area contributed by atoms with Crippen LogP contribution in [0.15, 0.2) is 24.3 Å². The quantitative estimate of drug-likeness (QED) is 0.850. The number of nitrogens with one attached hydrogen (secondary N) is 1. The number of benzene rings is 1. The summed E-state index contributed by atoms with van der Waals surface area (Å²) < 4.78 is 0. The maximum Gasteiger partial charge on any atom is 0.319 e. The fraction of sp³-hybridized carbons (Fsp3) is 0.526. The second-order valence-electron chi connectivity index (χ2n) is 7.02. The van der Waals surface area contributed by atoms with Gasteiger partial charge in [-0.05, 0) is 43.4 Å². The molecule has 0 bridgehead atoms. The minimum atomic E-state index is -0.479. The summed E-state index contributed by atoms with van der Waals surface area (Å²) in [5.41, 5.74) is 6.56. The molecule has 0 spiro atoms. The van der Waals surface area contributed by atoms with Crippen LogP contribution in [0.4, 0.5) is 4.79 Å². The van der Waals surface area contributed by atoms with E-state index in [1.165, 1.54) is 0 Å². The number of nitrogens with two attached hydrogens (primary N) is 1. The van der Waals surface area contributed by atoms with Crippen molar-refractivity contribution in [2.24, 2.45) is 11.7 Å². The zero-order valence-corrected chi connectivity index (χ0v) is 14.9. The van der Waals surface area contributed by atoms with Crippen molar-refractivity contribution in [1.29, 1.82) is 0 Å². The first-order valence-corrected chi connectivity index (χ1v) is 9.25. The van der Waals surface area contributed by atoms with Gasteiger partial charge in [0, 0.05) is 44.2 Å². The normalized spacial score (nSPS) is 18.0. The van der Waals surface area contributed by atoms with Crippen LogP contribution < -0.4 is 11.1 Å². The fourth-order valence-electron chi connectivity index (χ4n) is 3.61. The van der Waals surface area contributed by atoms with E-state index < -0.39 is 5.91 Å². The van der Waals surface area contributed by atoms with Crippen LogP contribution in [-0.2, 0) is 11.3 Å². The van der Waals surface area contributed by atoms with Crippen molar-refractivity contribution in [2.75, 3.05) is 26.2 Å². The Morgan fingerprint density at radius 3 is 2.35 bits per heavy atom. The molecule has 2 aliphatic heterocycles. The maximum absolute atomic E-state index is 12.4. The van der Waals surface area contributed by atoms with Crippen molar-refractivity contribution in [3.8, 4) is 0 Å². The Balaban J connectivity index is 1.45. The van der Waals surface area contributed by atoms with Gasteiger partial charge in [0.25, 0.3) is 0 Å². The zero-order valence-electron chi connectivity index (χ0n) is 14.9. The van der Waals surface area contributed by atoms with Crippen LogP contribution in [0, 0.1) is 5.92 Å². The average molecular weight is 358 g/mol. The van der Waals surface area contributed by atoms with Gasteiger partial charge in [-0.1, -0.05) is 12.1 Å². The SMILES string of the molecule is NC(=O)c1cccc(CNC(=O)C2CCN(C(=O)N3CCCC3)CC2)c1. The monoisotopic (exact) mass is 358 g/mol. The van der Waals surface area contributed by atoms with Gasteiger partial charge in [0.1, 0.15) is 0 Å². The first-order valence-electron chi connectivity index (χ1n) is 9.25. The van der Waals surface area contributed by atoms with E-state index in [4.69, 9.17) is 5.73 Å². The number of urea groups is 1. The van der Waals surface area contributed by atoms with E-state index in [0.717, 1.165) is 31.5 Å². The van der Waals surface area contributed by atoms with Gasteiger partial charge in [0.05, 0.1) is 0 Å². The van der Waals surface area contributed by atoms with Gasteiger partial charge in [-0.3, -0.25) is 9.59 Å². The topological polar surface area (TPSA) is 95.7 Å². The third-order valence-electron chi connectivity index (χ3n) is 5.19. The van der Waals surface area contributed by atoms with E-state index in [-0.39, 0.29) is 17.9 Å². The van der Waals surface area contributed by atoms with E-state index in [1.54, 1.807) is 18.2 Å². The van der Waals surface area contributed by atoms with Gasteiger partial charge in [-0.25, -0.2) is 4.79 Å². The molecule has 0 atom stereocenters. The Hall–Kier alpha value is -2.57. The lowest BCUT2D eigenvalue weighted by atomic mass is 9.96. The van der Waals surface area contributed by atoms with Crippen LogP contribution >= 0.6 is 0 Å². The molecule has 3 N–H and O–H groups in total. The summed E-state index contributed by atoms with van der Waals surface area (Å²) in [4.78, 5) is 39.8. The molecule has 140 valence electrons. The molecule has 7 heteroatoms. The number of hydrogen-bond acceptors (Lipinski definition) is 3.